The minimum absolute atomic E-state index is 0.0751. The molecule has 0 radical (unpaired) electrons. The van der Waals surface area contributed by atoms with E-state index in [1.807, 2.05) is 49.4 Å². The Morgan fingerprint density at radius 2 is 1.69 bits per heavy atom. The van der Waals surface area contributed by atoms with Gasteiger partial charge >= 0.3 is 6.18 Å². The topological polar surface area (TPSA) is 32.7 Å². The van der Waals surface area contributed by atoms with Gasteiger partial charge in [-0.25, -0.2) is 0 Å². The van der Waals surface area contributed by atoms with Crippen molar-refractivity contribution in [1.29, 1.82) is 0 Å². The molecule has 3 nitrogen and oxygen atoms in total. The summed E-state index contributed by atoms with van der Waals surface area (Å²) in [6, 6.07) is 21.8. The van der Waals surface area contributed by atoms with E-state index in [0.717, 1.165) is 17.4 Å². The van der Waals surface area contributed by atoms with Crippen LogP contribution in [0.1, 0.15) is 48.4 Å². The third-order valence-electron chi connectivity index (χ3n) is 6.17. The molecular weight excluding hydrogens is 487 g/mol. The van der Waals surface area contributed by atoms with E-state index >= 15 is 0 Å². The van der Waals surface area contributed by atoms with E-state index in [1.165, 1.54) is 11.6 Å². The lowest BCUT2D eigenvalue weighted by Gasteiger charge is -2.28. The smallest absolute Gasteiger partial charge is 0.417 e. The van der Waals surface area contributed by atoms with E-state index in [4.69, 9.17) is 16.3 Å². The van der Waals surface area contributed by atoms with Crippen LogP contribution in [-0.4, -0.2) is 35.8 Å². The van der Waals surface area contributed by atoms with Crippen LogP contribution in [0.25, 0.3) is 0 Å². The van der Waals surface area contributed by atoms with Crippen molar-refractivity contribution in [2.45, 2.75) is 51.4 Å². The van der Waals surface area contributed by atoms with Crippen molar-refractivity contribution in [3.63, 3.8) is 0 Å². The number of rotatable bonds is 12. The molecule has 7 heteroatoms. The molecule has 0 heterocycles. The number of aliphatic hydroxyl groups is 1. The maximum absolute atomic E-state index is 13.4. The summed E-state index contributed by atoms with van der Waals surface area (Å²) in [5.74, 6) is 0.917. The van der Waals surface area contributed by atoms with Crippen LogP contribution in [-0.2, 0) is 19.1 Å². The summed E-state index contributed by atoms with van der Waals surface area (Å²) in [6.07, 6.45) is -3.36. The number of nitrogens with zero attached hydrogens (tertiary/aromatic N) is 1. The highest BCUT2D eigenvalue weighted by molar-refractivity contribution is 6.32. The van der Waals surface area contributed by atoms with Crippen LogP contribution in [0.5, 0.6) is 5.75 Å². The van der Waals surface area contributed by atoms with Crippen molar-refractivity contribution in [3.05, 3.63) is 100 Å². The lowest BCUT2D eigenvalue weighted by Crippen LogP contribution is -2.31. The first-order chi connectivity index (χ1) is 17.2. The summed E-state index contributed by atoms with van der Waals surface area (Å²) in [5, 5.41) is 8.93. The highest BCUT2D eigenvalue weighted by Gasteiger charge is 2.34. The van der Waals surface area contributed by atoms with Gasteiger partial charge in [-0.15, -0.1) is 0 Å². The van der Waals surface area contributed by atoms with Crippen LogP contribution < -0.4 is 4.74 Å². The van der Waals surface area contributed by atoms with Gasteiger partial charge in [0.15, 0.2) is 0 Å². The van der Waals surface area contributed by atoms with Gasteiger partial charge in [0.25, 0.3) is 0 Å². The lowest BCUT2D eigenvalue weighted by molar-refractivity contribution is -0.137. The van der Waals surface area contributed by atoms with Crippen LogP contribution in [0.3, 0.4) is 0 Å². The Kier molecular flexibility index (Phi) is 10.2. The van der Waals surface area contributed by atoms with Crippen LogP contribution in [0.2, 0.25) is 5.02 Å². The van der Waals surface area contributed by atoms with E-state index in [2.05, 4.69) is 24.0 Å². The number of aliphatic hydroxyl groups excluding tert-OH is 1. The number of benzene rings is 3. The monoisotopic (exact) mass is 519 g/mol. The zero-order valence-corrected chi connectivity index (χ0v) is 21.4. The molecule has 3 aromatic rings. The summed E-state index contributed by atoms with van der Waals surface area (Å²) >= 11 is 6.21. The van der Waals surface area contributed by atoms with Crippen LogP contribution in [0.4, 0.5) is 13.2 Å². The van der Waals surface area contributed by atoms with Gasteiger partial charge in [0, 0.05) is 26.2 Å². The molecule has 0 aliphatic heterocycles. The first kappa shape index (κ1) is 28.0. The molecule has 1 N–H and O–H groups in total. The summed E-state index contributed by atoms with van der Waals surface area (Å²) in [7, 11) is 0. The van der Waals surface area contributed by atoms with Gasteiger partial charge in [0.2, 0.25) is 0 Å². The Hall–Kier alpha value is -2.54. The zero-order valence-electron chi connectivity index (χ0n) is 20.6. The molecule has 1 unspecified atom stereocenters. The molecule has 0 bridgehead atoms. The molecule has 3 aromatic carbocycles. The molecule has 0 spiro atoms. The van der Waals surface area contributed by atoms with Gasteiger partial charge in [0.1, 0.15) is 5.75 Å². The molecule has 0 aliphatic rings. The fourth-order valence-corrected chi connectivity index (χ4v) is 4.52. The third-order valence-corrected chi connectivity index (χ3v) is 6.61. The van der Waals surface area contributed by atoms with Gasteiger partial charge in [-0.2, -0.15) is 13.2 Å². The molecule has 36 heavy (non-hydrogen) atoms. The predicted molar refractivity (Wildman–Crippen MR) is 139 cm³/mol. The van der Waals surface area contributed by atoms with Crippen molar-refractivity contribution in [2.75, 3.05) is 19.7 Å². The van der Waals surface area contributed by atoms with E-state index in [0.29, 0.717) is 38.0 Å². The largest absolute Gasteiger partial charge is 0.491 e. The van der Waals surface area contributed by atoms with Crippen molar-refractivity contribution in [3.8, 4) is 5.75 Å². The highest BCUT2D eigenvalue weighted by atomic mass is 35.5. The van der Waals surface area contributed by atoms with E-state index in [1.54, 1.807) is 6.07 Å². The van der Waals surface area contributed by atoms with Gasteiger partial charge < -0.3 is 9.84 Å². The van der Waals surface area contributed by atoms with E-state index in [-0.39, 0.29) is 23.7 Å². The Labute approximate surface area is 216 Å². The first-order valence-electron chi connectivity index (χ1n) is 12.2. The van der Waals surface area contributed by atoms with Crippen LogP contribution in [0.15, 0.2) is 72.8 Å². The summed E-state index contributed by atoms with van der Waals surface area (Å²) < 4.78 is 46.3. The Morgan fingerprint density at radius 3 is 2.39 bits per heavy atom. The number of ether oxygens (including phenoxy) is 1. The van der Waals surface area contributed by atoms with Gasteiger partial charge in [-0.05, 0) is 60.6 Å². The summed E-state index contributed by atoms with van der Waals surface area (Å²) in [5.41, 5.74) is 1.82. The standard InChI is InChI=1S/C29H33ClF3NO2/c1-21(24-9-4-3-5-10-24)19-34(20-25-11-7-13-27(28(25)30)29(31,32)33)16-14-22(2)36-26-12-6-8-23(18-26)15-17-35/h3-13,18,21-22,35H,14-17,19-20H2,1-2H3/t21?,22-/m1/s1. The highest BCUT2D eigenvalue weighted by Crippen LogP contribution is 2.36. The molecule has 0 fully saturated rings. The average Bonchev–Trinajstić information content (AvgIpc) is 2.84. The maximum Gasteiger partial charge on any atom is 0.417 e. The van der Waals surface area contributed by atoms with Crippen LogP contribution in [0, 0.1) is 0 Å². The molecule has 0 aromatic heterocycles. The molecule has 0 amide bonds. The molecule has 2 atom stereocenters. The fourth-order valence-electron chi connectivity index (χ4n) is 4.23. The summed E-state index contributed by atoms with van der Waals surface area (Å²) in [4.78, 5) is 2.14. The summed E-state index contributed by atoms with van der Waals surface area (Å²) in [6.45, 7) is 5.76. The van der Waals surface area contributed by atoms with E-state index < -0.39 is 11.7 Å². The average molecular weight is 520 g/mol. The first-order valence-corrected chi connectivity index (χ1v) is 12.5. The molecule has 0 saturated carbocycles. The van der Waals surface area contributed by atoms with Crippen molar-refractivity contribution in [1.82, 2.24) is 4.90 Å². The number of hydrogen-bond acceptors (Lipinski definition) is 3. The zero-order chi connectivity index (χ0) is 26.1. The molecule has 194 valence electrons. The van der Waals surface area contributed by atoms with Gasteiger partial charge in [0.05, 0.1) is 16.7 Å². The van der Waals surface area contributed by atoms with Crippen molar-refractivity contribution >= 4 is 11.6 Å². The Bertz CT molecular complexity index is 1090. The minimum Gasteiger partial charge on any atom is -0.491 e. The third kappa shape index (κ3) is 8.26. The van der Waals surface area contributed by atoms with Crippen molar-refractivity contribution in [2.24, 2.45) is 0 Å². The van der Waals surface area contributed by atoms with Gasteiger partial charge in [-0.3, -0.25) is 4.90 Å². The quantitative estimate of drug-likeness (QED) is 0.271. The van der Waals surface area contributed by atoms with Crippen molar-refractivity contribution < 1.29 is 23.0 Å². The molecular formula is C29H33ClF3NO2. The molecule has 3 rings (SSSR count). The second-order valence-corrected chi connectivity index (χ2v) is 9.54. The van der Waals surface area contributed by atoms with Crippen LogP contribution >= 0.6 is 11.6 Å². The predicted octanol–water partition coefficient (Wildman–Crippen LogP) is 7.36. The SMILES string of the molecule is CC(CN(CC[C@@H](C)Oc1cccc(CCO)c1)Cc1cccc(C(F)(F)F)c1Cl)c1ccccc1. The second kappa shape index (κ2) is 13.1. The molecule has 0 aliphatic carbocycles. The Morgan fingerprint density at radius 1 is 0.972 bits per heavy atom. The number of halogens is 4. The fraction of sp³-hybridized carbons (Fsp3) is 0.379. The van der Waals surface area contributed by atoms with E-state index in [9.17, 15) is 18.3 Å². The molecule has 0 saturated heterocycles. The normalized spacial score (nSPS) is 13.6. The Balaban J connectivity index is 1.73. The number of hydrogen-bond donors (Lipinski definition) is 1. The van der Waals surface area contributed by atoms with Gasteiger partial charge in [-0.1, -0.05) is 73.1 Å². The minimum atomic E-state index is -4.50. The second-order valence-electron chi connectivity index (χ2n) is 9.16. The maximum atomic E-state index is 13.4. The number of alkyl halides is 3. The lowest BCUT2D eigenvalue weighted by atomic mass is 10.00.